The van der Waals surface area contributed by atoms with Crippen LogP contribution in [-0.2, 0) is 4.79 Å². The van der Waals surface area contributed by atoms with Crippen LogP contribution in [0.1, 0.15) is 10.9 Å². The minimum absolute atomic E-state index is 0.0153. The number of hydrogen-bond acceptors (Lipinski definition) is 1. The SMILES string of the molecule is O=C(Nc1cc(F)c(Br)cc1F)C(Cl)c1ccccc1. The average molecular weight is 361 g/mol. The van der Waals surface area contributed by atoms with E-state index in [0.717, 1.165) is 12.1 Å². The molecular formula is C14H9BrClF2NO. The molecule has 0 saturated heterocycles. The molecular weight excluding hydrogens is 352 g/mol. The molecule has 0 aliphatic rings. The van der Waals surface area contributed by atoms with Crippen LogP contribution in [0.5, 0.6) is 0 Å². The first-order chi connectivity index (χ1) is 9.49. The van der Waals surface area contributed by atoms with Gasteiger partial charge in [0.1, 0.15) is 17.0 Å². The van der Waals surface area contributed by atoms with Crippen molar-refractivity contribution in [2.45, 2.75) is 5.38 Å². The summed E-state index contributed by atoms with van der Waals surface area (Å²) >= 11 is 8.85. The van der Waals surface area contributed by atoms with Crippen LogP contribution in [0.15, 0.2) is 46.9 Å². The molecule has 1 amide bonds. The summed E-state index contributed by atoms with van der Waals surface area (Å²) in [6.45, 7) is 0. The predicted octanol–water partition coefficient (Wildman–Crippen LogP) is 4.65. The molecule has 0 aromatic heterocycles. The quantitative estimate of drug-likeness (QED) is 0.627. The van der Waals surface area contributed by atoms with Gasteiger partial charge < -0.3 is 5.32 Å². The molecule has 0 bridgehead atoms. The Hall–Kier alpha value is -1.46. The third-order valence-electron chi connectivity index (χ3n) is 2.59. The summed E-state index contributed by atoms with van der Waals surface area (Å²) in [6, 6.07) is 10.4. The highest BCUT2D eigenvalue weighted by Gasteiger charge is 2.19. The summed E-state index contributed by atoms with van der Waals surface area (Å²) in [5, 5.41) is 1.29. The van der Waals surface area contributed by atoms with Crippen LogP contribution < -0.4 is 5.32 Å². The maximum atomic E-state index is 13.6. The number of alkyl halides is 1. The van der Waals surface area contributed by atoms with Crippen molar-refractivity contribution >= 4 is 39.1 Å². The first kappa shape index (κ1) is 14.9. The van der Waals surface area contributed by atoms with E-state index < -0.39 is 22.9 Å². The second-order valence-corrected chi connectivity index (χ2v) is 5.30. The van der Waals surface area contributed by atoms with Gasteiger partial charge in [0.15, 0.2) is 0 Å². The molecule has 0 heterocycles. The highest BCUT2D eigenvalue weighted by Crippen LogP contribution is 2.26. The third kappa shape index (κ3) is 3.35. The molecule has 0 fully saturated rings. The topological polar surface area (TPSA) is 29.1 Å². The Balaban J connectivity index is 2.18. The van der Waals surface area contributed by atoms with Crippen LogP contribution in [0.25, 0.3) is 0 Å². The van der Waals surface area contributed by atoms with Crippen molar-refractivity contribution in [2.75, 3.05) is 5.32 Å². The molecule has 2 nitrogen and oxygen atoms in total. The fourth-order valence-corrected chi connectivity index (χ4v) is 2.10. The zero-order chi connectivity index (χ0) is 14.7. The van der Waals surface area contributed by atoms with Gasteiger partial charge in [-0.1, -0.05) is 30.3 Å². The van der Waals surface area contributed by atoms with Crippen LogP contribution in [-0.4, -0.2) is 5.91 Å². The van der Waals surface area contributed by atoms with Gasteiger partial charge in [0.25, 0.3) is 0 Å². The number of anilines is 1. The van der Waals surface area contributed by atoms with Gasteiger partial charge in [0.05, 0.1) is 10.2 Å². The molecule has 0 spiro atoms. The molecule has 1 N–H and O–H groups in total. The van der Waals surface area contributed by atoms with E-state index in [1.807, 2.05) is 0 Å². The van der Waals surface area contributed by atoms with E-state index in [4.69, 9.17) is 11.6 Å². The van der Waals surface area contributed by atoms with Crippen molar-refractivity contribution in [3.8, 4) is 0 Å². The molecule has 20 heavy (non-hydrogen) atoms. The standard InChI is InChI=1S/C14H9BrClF2NO/c15-9-6-11(18)12(7-10(9)17)19-14(20)13(16)8-4-2-1-3-5-8/h1-7,13H,(H,19,20). The summed E-state index contributed by atoms with van der Waals surface area (Å²) in [7, 11) is 0. The summed E-state index contributed by atoms with van der Waals surface area (Å²) in [4.78, 5) is 11.9. The lowest BCUT2D eigenvalue weighted by molar-refractivity contribution is -0.116. The zero-order valence-electron chi connectivity index (χ0n) is 10.0. The fraction of sp³-hybridized carbons (Fsp3) is 0.0714. The monoisotopic (exact) mass is 359 g/mol. The van der Waals surface area contributed by atoms with Crippen molar-refractivity contribution < 1.29 is 13.6 Å². The van der Waals surface area contributed by atoms with E-state index >= 15 is 0 Å². The van der Waals surface area contributed by atoms with Crippen LogP contribution >= 0.6 is 27.5 Å². The van der Waals surface area contributed by atoms with E-state index in [1.165, 1.54) is 0 Å². The number of benzene rings is 2. The van der Waals surface area contributed by atoms with E-state index in [0.29, 0.717) is 5.56 Å². The molecule has 1 atom stereocenters. The maximum Gasteiger partial charge on any atom is 0.247 e. The number of carbonyl (C=O) groups is 1. The van der Waals surface area contributed by atoms with Crippen molar-refractivity contribution in [3.05, 3.63) is 64.1 Å². The normalized spacial score (nSPS) is 12.0. The van der Waals surface area contributed by atoms with E-state index in [1.54, 1.807) is 30.3 Å². The first-order valence-electron chi connectivity index (χ1n) is 5.63. The summed E-state index contributed by atoms with van der Waals surface area (Å²) in [5.74, 6) is -2.05. The molecule has 6 heteroatoms. The van der Waals surface area contributed by atoms with Crippen molar-refractivity contribution in [1.29, 1.82) is 0 Å². The van der Waals surface area contributed by atoms with Crippen LogP contribution in [0.3, 0.4) is 0 Å². The molecule has 0 aliphatic heterocycles. The minimum Gasteiger partial charge on any atom is -0.322 e. The molecule has 1 unspecified atom stereocenters. The summed E-state index contributed by atoms with van der Waals surface area (Å²) < 4.78 is 26.9. The highest BCUT2D eigenvalue weighted by molar-refractivity contribution is 9.10. The average Bonchev–Trinajstić information content (AvgIpc) is 2.44. The van der Waals surface area contributed by atoms with Crippen LogP contribution in [0.2, 0.25) is 0 Å². The molecule has 0 aliphatic carbocycles. The summed E-state index contributed by atoms with van der Waals surface area (Å²) in [5.41, 5.74) is 0.321. The van der Waals surface area contributed by atoms with E-state index in [-0.39, 0.29) is 10.2 Å². The molecule has 2 aromatic carbocycles. The molecule has 0 saturated carbocycles. The van der Waals surface area contributed by atoms with E-state index in [2.05, 4.69) is 21.2 Å². The lowest BCUT2D eigenvalue weighted by Crippen LogP contribution is -2.18. The Kier molecular flexibility index (Phi) is 4.73. The second-order valence-electron chi connectivity index (χ2n) is 4.01. The minimum atomic E-state index is -0.984. The van der Waals surface area contributed by atoms with Crippen molar-refractivity contribution in [1.82, 2.24) is 0 Å². The largest absolute Gasteiger partial charge is 0.322 e. The van der Waals surface area contributed by atoms with E-state index in [9.17, 15) is 13.6 Å². The van der Waals surface area contributed by atoms with Gasteiger partial charge in [-0.05, 0) is 27.6 Å². The summed E-state index contributed by atoms with van der Waals surface area (Å²) in [6.07, 6.45) is 0. The highest BCUT2D eigenvalue weighted by atomic mass is 79.9. The van der Waals surface area contributed by atoms with Gasteiger partial charge in [-0.25, -0.2) is 8.78 Å². The Morgan fingerprint density at radius 1 is 1.15 bits per heavy atom. The number of hydrogen-bond donors (Lipinski definition) is 1. The number of amides is 1. The van der Waals surface area contributed by atoms with Crippen molar-refractivity contribution in [2.24, 2.45) is 0 Å². The first-order valence-corrected chi connectivity index (χ1v) is 6.86. The van der Waals surface area contributed by atoms with Gasteiger partial charge in [-0.3, -0.25) is 4.79 Å². The molecule has 2 aromatic rings. The lowest BCUT2D eigenvalue weighted by Gasteiger charge is -2.12. The number of halogens is 4. The van der Waals surface area contributed by atoms with Gasteiger partial charge in [-0.2, -0.15) is 0 Å². The lowest BCUT2D eigenvalue weighted by atomic mass is 10.1. The van der Waals surface area contributed by atoms with Crippen LogP contribution in [0, 0.1) is 11.6 Å². The van der Waals surface area contributed by atoms with Gasteiger partial charge in [-0.15, -0.1) is 11.6 Å². The maximum absolute atomic E-state index is 13.6. The second kappa shape index (κ2) is 6.33. The Morgan fingerprint density at radius 2 is 1.80 bits per heavy atom. The molecule has 104 valence electrons. The number of rotatable bonds is 3. The zero-order valence-corrected chi connectivity index (χ0v) is 12.4. The number of nitrogens with one attached hydrogen (secondary N) is 1. The van der Waals surface area contributed by atoms with Crippen LogP contribution in [0.4, 0.5) is 14.5 Å². The Bertz CT molecular complexity index is 637. The van der Waals surface area contributed by atoms with Crippen molar-refractivity contribution in [3.63, 3.8) is 0 Å². The Morgan fingerprint density at radius 3 is 2.45 bits per heavy atom. The predicted molar refractivity (Wildman–Crippen MR) is 77.7 cm³/mol. The van der Waals surface area contributed by atoms with Gasteiger partial charge in [0, 0.05) is 6.07 Å². The van der Waals surface area contributed by atoms with Gasteiger partial charge >= 0.3 is 0 Å². The molecule has 2 rings (SSSR count). The Labute approximate surface area is 127 Å². The molecule has 0 radical (unpaired) electrons. The fourth-order valence-electron chi connectivity index (χ4n) is 1.59. The smallest absolute Gasteiger partial charge is 0.247 e. The number of carbonyl (C=O) groups excluding carboxylic acids is 1. The third-order valence-corrected chi connectivity index (χ3v) is 3.65. The van der Waals surface area contributed by atoms with Gasteiger partial charge in [0.2, 0.25) is 5.91 Å².